The predicted molar refractivity (Wildman–Crippen MR) is 66.9 cm³/mol. The molecule has 0 saturated heterocycles. The van der Waals surface area contributed by atoms with Gasteiger partial charge in [-0.1, -0.05) is 16.9 Å². The number of aryl methyl sites for hydroxylation is 1. The summed E-state index contributed by atoms with van der Waals surface area (Å²) in [5.74, 6) is 0.462. The van der Waals surface area contributed by atoms with Crippen LogP contribution in [0.5, 0.6) is 0 Å². The minimum atomic E-state index is -0.867. The Kier molecular flexibility index (Phi) is 3.02. The summed E-state index contributed by atoms with van der Waals surface area (Å²) in [7, 11) is 0. The van der Waals surface area contributed by atoms with Crippen LogP contribution < -0.4 is 0 Å². The number of aromatic nitrogens is 4. The molecule has 1 saturated carbocycles. The number of hydrogen-bond donors (Lipinski definition) is 1. The lowest BCUT2D eigenvalue weighted by Gasteiger charge is -2.05. The van der Waals surface area contributed by atoms with E-state index in [1.54, 1.807) is 6.07 Å². The van der Waals surface area contributed by atoms with Gasteiger partial charge in [-0.25, -0.2) is 0 Å². The van der Waals surface area contributed by atoms with E-state index in [0.29, 0.717) is 28.5 Å². The number of rotatable bonds is 5. The topological polar surface area (TPSA) is 94.0 Å². The molecule has 1 aliphatic carbocycles. The van der Waals surface area contributed by atoms with E-state index in [0.717, 1.165) is 12.8 Å². The van der Waals surface area contributed by atoms with E-state index >= 15 is 0 Å². The number of carboxylic acid groups (broad SMARTS) is 1. The van der Waals surface area contributed by atoms with Gasteiger partial charge >= 0.3 is 5.97 Å². The lowest BCUT2D eigenvalue weighted by molar-refractivity contribution is -0.133. The van der Waals surface area contributed by atoms with Gasteiger partial charge in [0.05, 0.1) is 5.75 Å². The monoisotopic (exact) mass is 280 g/mol. The first-order valence-electron chi connectivity index (χ1n) is 5.88. The van der Waals surface area contributed by atoms with Crippen molar-refractivity contribution in [1.29, 1.82) is 0 Å². The van der Waals surface area contributed by atoms with Gasteiger partial charge in [-0.2, -0.15) is 0 Å². The summed E-state index contributed by atoms with van der Waals surface area (Å²) in [6, 6.07) is 2.15. The van der Waals surface area contributed by atoms with E-state index in [4.69, 9.17) is 9.63 Å². The van der Waals surface area contributed by atoms with Crippen molar-refractivity contribution in [3.63, 3.8) is 0 Å². The van der Waals surface area contributed by atoms with Gasteiger partial charge < -0.3 is 9.63 Å². The molecule has 100 valence electrons. The van der Waals surface area contributed by atoms with Crippen LogP contribution in [0, 0.1) is 6.92 Å². The van der Waals surface area contributed by atoms with Crippen molar-refractivity contribution in [3.8, 4) is 11.5 Å². The molecule has 0 spiro atoms. The third kappa shape index (κ3) is 2.48. The maximum atomic E-state index is 10.6. The van der Waals surface area contributed by atoms with E-state index in [2.05, 4.69) is 15.4 Å². The molecule has 0 aromatic carbocycles. The Morgan fingerprint density at radius 3 is 2.95 bits per heavy atom. The van der Waals surface area contributed by atoms with Crippen LogP contribution in [0.3, 0.4) is 0 Å². The highest BCUT2D eigenvalue weighted by atomic mass is 32.2. The quantitative estimate of drug-likeness (QED) is 0.834. The minimum absolute atomic E-state index is 0.0251. The molecule has 0 amide bonds. The highest BCUT2D eigenvalue weighted by molar-refractivity contribution is 7.99. The Morgan fingerprint density at radius 2 is 2.37 bits per heavy atom. The smallest absolute Gasteiger partial charge is 0.313 e. The summed E-state index contributed by atoms with van der Waals surface area (Å²) >= 11 is 1.18. The molecule has 0 bridgehead atoms. The number of carbonyl (C=O) groups is 1. The van der Waals surface area contributed by atoms with Crippen molar-refractivity contribution in [2.24, 2.45) is 0 Å². The normalized spacial score (nSPS) is 14.8. The first-order valence-corrected chi connectivity index (χ1v) is 6.87. The first-order chi connectivity index (χ1) is 9.15. The maximum absolute atomic E-state index is 10.6. The fourth-order valence-corrected chi connectivity index (χ4v) is 2.54. The summed E-state index contributed by atoms with van der Waals surface area (Å²) < 4.78 is 7.01. The van der Waals surface area contributed by atoms with Crippen molar-refractivity contribution in [3.05, 3.63) is 11.8 Å². The summed E-state index contributed by atoms with van der Waals surface area (Å²) in [4.78, 5) is 10.6. The molecule has 3 rings (SSSR count). The molecule has 8 heteroatoms. The summed E-state index contributed by atoms with van der Waals surface area (Å²) in [5.41, 5.74) is 0.638. The first kappa shape index (κ1) is 12.2. The van der Waals surface area contributed by atoms with Crippen molar-refractivity contribution in [1.82, 2.24) is 19.9 Å². The molecule has 19 heavy (non-hydrogen) atoms. The van der Waals surface area contributed by atoms with Gasteiger partial charge in [-0.3, -0.25) is 9.36 Å². The number of aliphatic carboxylic acids is 1. The number of carboxylic acids is 1. The molecule has 7 nitrogen and oxygen atoms in total. The van der Waals surface area contributed by atoms with E-state index in [1.165, 1.54) is 11.8 Å². The standard InChI is InChI=1S/C11H12N4O3S/c1-6-4-8(14-18-6)10-12-13-11(19-5-9(16)17)15(10)7-2-3-7/h4,7H,2-3,5H2,1H3,(H,16,17). The molecule has 2 aromatic heterocycles. The Labute approximate surface area is 113 Å². The van der Waals surface area contributed by atoms with Gasteiger partial charge in [-0.15, -0.1) is 10.2 Å². The van der Waals surface area contributed by atoms with Crippen LogP contribution in [0.15, 0.2) is 15.7 Å². The van der Waals surface area contributed by atoms with E-state index in [1.807, 2.05) is 11.5 Å². The van der Waals surface area contributed by atoms with Gasteiger partial charge in [0, 0.05) is 12.1 Å². The average molecular weight is 280 g/mol. The van der Waals surface area contributed by atoms with Gasteiger partial charge in [0.1, 0.15) is 5.76 Å². The number of thioether (sulfide) groups is 1. The summed E-state index contributed by atoms with van der Waals surface area (Å²) in [6.45, 7) is 1.81. The highest BCUT2D eigenvalue weighted by Gasteiger charge is 2.31. The largest absolute Gasteiger partial charge is 0.481 e. The van der Waals surface area contributed by atoms with E-state index in [9.17, 15) is 4.79 Å². The van der Waals surface area contributed by atoms with Crippen LogP contribution in [-0.4, -0.2) is 36.7 Å². The second-order valence-corrected chi connectivity index (χ2v) is 5.36. The highest BCUT2D eigenvalue weighted by Crippen LogP contribution is 2.40. The Morgan fingerprint density at radius 1 is 1.58 bits per heavy atom. The number of hydrogen-bond acceptors (Lipinski definition) is 6. The second kappa shape index (κ2) is 4.69. The van der Waals surface area contributed by atoms with Crippen LogP contribution in [0.4, 0.5) is 0 Å². The predicted octanol–water partition coefficient (Wildman–Crippen LogP) is 1.75. The zero-order valence-electron chi connectivity index (χ0n) is 10.2. The molecule has 0 aliphatic heterocycles. The molecule has 0 atom stereocenters. The molecule has 0 radical (unpaired) electrons. The summed E-state index contributed by atoms with van der Waals surface area (Å²) in [5, 5.41) is 21.5. The van der Waals surface area contributed by atoms with E-state index < -0.39 is 5.97 Å². The molecule has 2 aromatic rings. The SMILES string of the molecule is Cc1cc(-c2nnc(SCC(=O)O)n2C2CC2)no1. The second-order valence-electron chi connectivity index (χ2n) is 4.41. The molecule has 1 fully saturated rings. The van der Waals surface area contributed by atoms with Gasteiger partial charge in [0.25, 0.3) is 0 Å². The van der Waals surface area contributed by atoms with Crippen molar-refractivity contribution in [2.45, 2.75) is 31.0 Å². The van der Waals surface area contributed by atoms with Crippen molar-refractivity contribution in [2.75, 3.05) is 5.75 Å². The fraction of sp³-hybridized carbons (Fsp3) is 0.455. The van der Waals surface area contributed by atoms with Crippen LogP contribution in [-0.2, 0) is 4.79 Å². The average Bonchev–Trinajstić information content (AvgIpc) is 2.97. The van der Waals surface area contributed by atoms with Crippen LogP contribution >= 0.6 is 11.8 Å². The lowest BCUT2D eigenvalue weighted by Crippen LogP contribution is -2.03. The van der Waals surface area contributed by atoms with Gasteiger partial charge in [-0.05, 0) is 19.8 Å². The molecule has 2 heterocycles. The Balaban J connectivity index is 1.94. The summed E-state index contributed by atoms with van der Waals surface area (Å²) in [6.07, 6.45) is 2.12. The Hall–Kier alpha value is -1.83. The molecule has 1 N–H and O–H groups in total. The third-order valence-corrected chi connectivity index (χ3v) is 3.69. The van der Waals surface area contributed by atoms with Crippen LogP contribution in [0.25, 0.3) is 11.5 Å². The molecule has 1 aliphatic rings. The van der Waals surface area contributed by atoms with Gasteiger partial charge in [0.15, 0.2) is 16.7 Å². The van der Waals surface area contributed by atoms with Crippen LogP contribution in [0.2, 0.25) is 0 Å². The molecular weight excluding hydrogens is 268 g/mol. The van der Waals surface area contributed by atoms with Crippen LogP contribution in [0.1, 0.15) is 24.6 Å². The Bertz CT molecular complexity index is 617. The fourth-order valence-electron chi connectivity index (χ4n) is 1.81. The molecule has 0 unspecified atom stereocenters. The molecular formula is C11H12N4O3S. The lowest BCUT2D eigenvalue weighted by atomic mass is 10.3. The van der Waals surface area contributed by atoms with Gasteiger partial charge in [0.2, 0.25) is 0 Å². The zero-order chi connectivity index (χ0) is 13.4. The minimum Gasteiger partial charge on any atom is -0.481 e. The maximum Gasteiger partial charge on any atom is 0.313 e. The van der Waals surface area contributed by atoms with Crippen molar-refractivity contribution < 1.29 is 14.4 Å². The van der Waals surface area contributed by atoms with E-state index in [-0.39, 0.29) is 5.75 Å². The third-order valence-electron chi connectivity index (χ3n) is 2.76. The zero-order valence-corrected chi connectivity index (χ0v) is 11.1. The number of nitrogens with zero attached hydrogens (tertiary/aromatic N) is 4. The van der Waals surface area contributed by atoms with Crippen molar-refractivity contribution >= 4 is 17.7 Å².